The van der Waals surface area contributed by atoms with Crippen molar-refractivity contribution in [3.05, 3.63) is 41.9 Å². The highest BCUT2D eigenvalue weighted by atomic mass is 35.5. The molecular weight excluding hydrogens is 158 g/mol. The monoisotopic (exact) mass is 164 g/mol. The average molecular weight is 165 g/mol. The average Bonchev–Trinajstić information content (AvgIpc) is 2.33. The number of benzene rings is 1. The van der Waals surface area contributed by atoms with E-state index < -0.39 is 0 Å². The summed E-state index contributed by atoms with van der Waals surface area (Å²) in [6, 6.07) is 5.72. The van der Waals surface area contributed by atoms with Gasteiger partial charge in [0.2, 0.25) is 0 Å². The van der Waals surface area contributed by atoms with Gasteiger partial charge in [0.1, 0.15) is 0 Å². The molecule has 0 fully saturated rings. The number of H-pyrrole nitrogens is 1. The summed E-state index contributed by atoms with van der Waals surface area (Å²) < 4.78 is 0. The maximum atomic E-state index is 5.81. The van der Waals surface area contributed by atoms with Crippen LogP contribution < -0.4 is 0 Å². The molecule has 0 aliphatic heterocycles. The third kappa shape index (κ3) is 1.02. The summed E-state index contributed by atoms with van der Waals surface area (Å²) in [4.78, 5) is 3.09. The predicted molar refractivity (Wildman–Crippen MR) is 47.8 cm³/mol. The van der Waals surface area contributed by atoms with Crippen molar-refractivity contribution in [1.82, 2.24) is 4.98 Å². The van der Waals surface area contributed by atoms with E-state index in [1.54, 1.807) is 0 Å². The van der Waals surface area contributed by atoms with Crippen LogP contribution in [0.1, 0.15) is 5.56 Å². The summed E-state index contributed by atoms with van der Waals surface area (Å²) in [5.74, 6) is 0. The molecule has 0 bridgehead atoms. The largest absolute Gasteiger partial charge is 0.361 e. The second kappa shape index (κ2) is 2.28. The van der Waals surface area contributed by atoms with E-state index in [-0.39, 0.29) is 0 Å². The number of fused-ring (bicyclic) bond motifs is 1. The van der Waals surface area contributed by atoms with Crippen LogP contribution in [-0.2, 0) is 0 Å². The Balaban J connectivity index is 2.87. The number of halogens is 1. The van der Waals surface area contributed by atoms with E-state index >= 15 is 0 Å². The lowest BCUT2D eigenvalue weighted by Gasteiger charge is -1.91. The maximum absolute atomic E-state index is 5.81. The number of aromatic amines is 1. The maximum Gasteiger partial charge on any atom is 0.0457 e. The van der Waals surface area contributed by atoms with Gasteiger partial charge in [-0.2, -0.15) is 0 Å². The van der Waals surface area contributed by atoms with Crippen LogP contribution in [0, 0.1) is 6.92 Å². The van der Waals surface area contributed by atoms with E-state index in [1.165, 1.54) is 0 Å². The van der Waals surface area contributed by atoms with Crippen molar-refractivity contribution in [3.8, 4) is 0 Å². The summed E-state index contributed by atoms with van der Waals surface area (Å²) in [6.45, 7) is 3.86. The number of nitrogens with one attached hydrogen (secondary N) is 1. The van der Waals surface area contributed by atoms with Crippen molar-refractivity contribution in [2.75, 3.05) is 0 Å². The molecule has 2 aromatic rings. The lowest BCUT2D eigenvalue weighted by molar-refractivity contribution is 1.46. The van der Waals surface area contributed by atoms with Crippen LogP contribution >= 0.6 is 11.6 Å². The summed E-state index contributed by atoms with van der Waals surface area (Å²) in [7, 11) is 0. The molecule has 1 radical (unpaired) electrons. The van der Waals surface area contributed by atoms with Gasteiger partial charge in [0.05, 0.1) is 0 Å². The lowest BCUT2D eigenvalue weighted by Crippen LogP contribution is -1.68. The van der Waals surface area contributed by atoms with Gasteiger partial charge in [0, 0.05) is 22.1 Å². The molecule has 1 aromatic carbocycles. The molecule has 0 saturated heterocycles. The summed E-state index contributed by atoms with van der Waals surface area (Å²) in [6.07, 6.45) is 1.88. The van der Waals surface area contributed by atoms with E-state index in [1.807, 2.05) is 24.4 Å². The summed E-state index contributed by atoms with van der Waals surface area (Å²) in [5, 5.41) is 1.85. The van der Waals surface area contributed by atoms with E-state index in [0.29, 0.717) is 0 Å². The molecule has 0 aliphatic carbocycles. The second-order valence-corrected chi connectivity index (χ2v) is 2.94. The SMILES string of the molecule is [CH2]c1c[nH]c2ccc(Cl)cc12. The zero-order chi connectivity index (χ0) is 7.84. The molecule has 1 N–H and O–H groups in total. The fourth-order valence-electron chi connectivity index (χ4n) is 1.15. The molecule has 0 atom stereocenters. The minimum atomic E-state index is 0.752. The molecular formula is C9H7ClN. The van der Waals surface area contributed by atoms with Crippen LogP contribution in [0.2, 0.25) is 5.02 Å². The highest BCUT2D eigenvalue weighted by molar-refractivity contribution is 6.31. The van der Waals surface area contributed by atoms with Gasteiger partial charge in [0.25, 0.3) is 0 Å². The molecule has 0 spiro atoms. The molecule has 0 amide bonds. The van der Waals surface area contributed by atoms with Crippen LogP contribution in [0.3, 0.4) is 0 Å². The van der Waals surface area contributed by atoms with Crippen molar-refractivity contribution in [1.29, 1.82) is 0 Å². The lowest BCUT2D eigenvalue weighted by atomic mass is 10.2. The quantitative estimate of drug-likeness (QED) is 0.616. The van der Waals surface area contributed by atoms with Gasteiger partial charge in [-0.15, -0.1) is 0 Å². The van der Waals surface area contributed by atoms with E-state index in [9.17, 15) is 0 Å². The van der Waals surface area contributed by atoms with E-state index in [4.69, 9.17) is 11.6 Å². The van der Waals surface area contributed by atoms with Crippen molar-refractivity contribution >= 4 is 22.5 Å². The summed E-state index contributed by atoms with van der Waals surface area (Å²) >= 11 is 5.81. The molecule has 0 unspecified atom stereocenters. The molecule has 0 aliphatic rings. The molecule has 1 nitrogen and oxygen atoms in total. The van der Waals surface area contributed by atoms with Gasteiger partial charge < -0.3 is 4.98 Å². The third-order valence-corrected chi connectivity index (χ3v) is 1.96. The van der Waals surface area contributed by atoms with Crippen molar-refractivity contribution in [3.63, 3.8) is 0 Å². The Morgan fingerprint density at radius 2 is 2.18 bits per heavy atom. The summed E-state index contributed by atoms with van der Waals surface area (Å²) in [5.41, 5.74) is 2.07. The highest BCUT2D eigenvalue weighted by Gasteiger charge is 1.98. The zero-order valence-corrected chi connectivity index (χ0v) is 6.65. The minimum absolute atomic E-state index is 0.752. The number of aromatic nitrogens is 1. The van der Waals surface area contributed by atoms with Gasteiger partial charge in [-0.05, 0) is 30.7 Å². The van der Waals surface area contributed by atoms with E-state index in [2.05, 4.69) is 11.9 Å². The first-order valence-corrected chi connectivity index (χ1v) is 3.74. The second-order valence-electron chi connectivity index (χ2n) is 2.50. The highest BCUT2D eigenvalue weighted by Crippen LogP contribution is 2.21. The Labute approximate surface area is 70.0 Å². The molecule has 2 rings (SSSR count). The van der Waals surface area contributed by atoms with E-state index in [0.717, 1.165) is 21.5 Å². The zero-order valence-electron chi connectivity index (χ0n) is 5.89. The fraction of sp³-hybridized carbons (Fsp3) is 0. The number of hydrogen-bond acceptors (Lipinski definition) is 0. The molecule has 0 saturated carbocycles. The third-order valence-electron chi connectivity index (χ3n) is 1.73. The minimum Gasteiger partial charge on any atom is -0.361 e. The Hall–Kier alpha value is -0.950. The van der Waals surface area contributed by atoms with Crippen LogP contribution in [-0.4, -0.2) is 4.98 Å². The molecule has 1 aromatic heterocycles. The smallest absolute Gasteiger partial charge is 0.0457 e. The van der Waals surface area contributed by atoms with Gasteiger partial charge in [-0.1, -0.05) is 11.6 Å². The first-order valence-electron chi connectivity index (χ1n) is 3.36. The standard InChI is InChI=1S/C9H7ClN/c1-6-5-11-9-3-2-7(10)4-8(6)9/h2-5,11H,1H2. The Kier molecular flexibility index (Phi) is 1.40. The van der Waals surface area contributed by atoms with Gasteiger partial charge in [-0.3, -0.25) is 0 Å². The topological polar surface area (TPSA) is 15.8 Å². The number of hydrogen-bond donors (Lipinski definition) is 1. The van der Waals surface area contributed by atoms with Gasteiger partial charge in [0.15, 0.2) is 0 Å². The van der Waals surface area contributed by atoms with Crippen LogP contribution in [0.5, 0.6) is 0 Å². The van der Waals surface area contributed by atoms with Crippen molar-refractivity contribution < 1.29 is 0 Å². The van der Waals surface area contributed by atoms with Crippen molar-refractivity contribution in [2.24, 2.45) is 0 Å². The Bertz CT molecular complexity index is 389. The van der Waals surface area contributed by atoms with Gasteiger partial charge >= 0.3 is 0 Å². The predicted octanol–water partition coefficient (Wildman–Crippen LogP) is 3.00. The van der Waals surface area contributed by atoms with Crippen LogP contribution in [0.15, 0.2) is 24.4 Å². The fourth-order valence-corrected chi connectivity index (χ4v) is 1.32. The molecule has 1 heterocycles. The first kappa shape index (κ1) is 6.74. The molecule has 2 heteroatoms. The normalized spacial score (nSPS) is 10.7. The number of rotatable bonds is 0. The van der Waals surface area contributed by atoms with Crippen LogP contribution in [0.25, 0.3) is 10.9 Å². The molecule has 55 valence electrons. The Morgan fingerprint density at radius 3 is 3.00 bits per heavy atom. The Morgan fingerprint density at radius 1 is 1.36 bits per heavy atom. The van der Waals surface area contributed by atoms with Crippen LogP contribution in [0.4, 0.5) is 0 Å². The van der Waals surface area contributed by atoms with Gasteiger partial charge in [-0.25, -0.2) is 0 Å². The molecule has 11 heavy (non-hydrogen) atoms. The first-order chi connectivity index (χ1) is 5.27. The van der Waals surface area contributed by atoms with Crippen molar-refractivity contribution in [2.45, 2.75) is 0 Å².